The summed E-state index contributed by atoms with van der Waals surface area (Å²) in [7, 11) is 1.75. The first-order valence-corrected chi connectivity index (χ1v) is 8.00. The lowest BCUT2D eigenvalue weighted by Crippen LogP contribution is -1.97. The smallest absolute Gasteiger partial charge is 0.187 e. The van der Waals surface area contributed by atoms with Crippen LogP contribution in [-0.4, -0.2) is 40.0 Å². The van der Waals surface area contributed by atoms with Crippen molar-refractivity contribution in [1.82, 2.24) is 40.0 Å². The van der Waals surface area contributed by atoms with E-state index < -0.39 is 0 Å². The largest absolute Gasteiger partial charge is 0.234 e. The molecule has 1 aromatic carbocycles. The molecule has 0 saturated carbocycles. The molecule has 0 aliphatic heterocycles. The number of hydrogen-bond acceptors (Lipinski definition) is 7. The Hall–Kier alpha value is -2.68. The molecular formula is C14H14N8S. The summed E-state index contributed by atoms with van der Waals surface area (Å²) in [6, 6.07) is 7.95. The second kappa shape index (κ2) is 5.20. The monoisotopic (exact) mass is 326 g/mol. The summed E-state index contributed by atoms with van der Waals surface area (Å²) in [6.45, 7) is 4.16. The molecule has 0 N–H and O–H groups in total. The Morgan fingerprint density at radius 1 is 1.04 bits per heavy atom. The predicted molar refractivity (Wildman–Crippen MR) is 86.0 cm³/mol. The minimum Gasteiger partial charge on any atom is -0.187 e. The third kappa shape index (κ3) is 2.38. The van der Waals surface area contributed by atoms with Crippen molar-refractivity contribution in [3.05, 3.63) is 30.1 Å². The molecule has 0 radical (unpaired) electrons. The number of hydrogen-bond donors (Lipinski definition) is 0. The molecule has 0 unspecified atom stereocenters. The molecule has 0 fully saturated rings. The second-order valence-electron chi connectivity index (χ2n) is 5.50. The zero-order valence-electron chi connectivity index (χ0n) is 12.9. The summed E-state index contributed by atoms with van der Waals surface area (Å²) >= 11 is 1.51. The average molecular weight is 326 g/mol. The zero-order chi connectivity index (χ0) is 16.0. The van der Waals surface area contributed by atoms with Gasteiger partial charge in [-0.2, -0.15) is 14.4 Å². The van der Waals surface area contributed by atoms with Crippen molar-refractivity contribution >= 4 is 16.3 Å². The van der Waals surface area contributed by atoms with Crippen LogP contribution in [0.3, 0.4) is 0 Å². The minimum atomic E-state index is 0.273. The SMILES string of the molecule is CC(C)c1nnc2sc(-c3cccc(-c4nnn(C)n4)c3)nn12. The fourth-order valence-electron chi connectivity index (χ4n) is 2.30. The first-order valence-electron chi connectivity index (χ1n) is 7.19. The van der Waals surface area contributed by atoms with E-state index in [0.29, 0.717) is 5.82 Å². The molecule has 8 nitrogen and oxygen atoms in total. The van der Waals surface area contributed by atoms with Gasteiger partial charge >= 0.3 is 0 Å². The fourth-order valence-corrected chi connectivity index (χ4v) is 3.14. The first-order chi connectivity index (χ1) is 11.1. The normalized spacial score (nSPS) is 11.7. The van der Waals surface area contributed by atoms with Gasteiger partial charge in [-0.05, 0) is 11.3 Å². The van der Waals surface area contributed by atoms with E-state index >= 15 is 0 Å². The molecule has 9 heteroatoms. The van der Waals surface area contributed by atoms with Gasteiger partial charge in [-0.15, -0.1) is 20.4 Å². The Balaban J connectivity index is 1.78. The second-order valence-corrected chi connectivity index (χ2v) is 6.45. The minimum absolute atomic E-state index is 0.273. The van der Waals surface area contributed by atoms with E-state index in [1.54, 1.807) is 7.05 Å². The van der Waals surface area contributed by atoms with Crippen molar-refractivity contribution in [1.29, 1.82) is 0 Å². The highest BCUT2D eigenvalue weighted by Crippen LogP contribution is 2.29. The van der Waals surface area contributed by atoms with Gasteiger partial charge in [-0.25, -0.2) is 0 Å². The summed E-state index contributed by atoms with van der Waals surface area (Å²) in [5.74, 6) is 1.74. The molecular weight excluding hydrogens is 312 g/mol. The van der Waals surface area contributed by atoms with Gasteiger partial charge in [0, 0.05) is 17.0 Å². The fraction of sp³-hybridized carbons (Fsp3) is 0.286. The van der Waals surface area contributed by atoms with Crippen LogP contribution in [0.4, 0.5) is 0 Å². The number of nitrogens with zero attached hydrogens (tertiary/aromatic N) is 8. The number of fused-ring (bicyclic) bond motifs is 1. The molecule has 116 valence electrons. The molecule has 4 aromatic rings. The molecule has 4 rings (SSSR count). The van der Waals surface area contributed by atoms with Crippen LogP contribution in [0.5, 0.6) is 0 Å². The summed E-state index contributed by atoms with van der Waals surface area (Å²) in [4.78, 5) is 2.24. The topological polar surface area (TPSA) is 86.7 Å². The summed E-state index contributed by atoms with van der Waals surface area (Å²) in [5, 5.41) is 26.1. The number of aromatic nitrogens is 8. The molecule has 0 saturated heterocycles. The van der Waals surface area contributed by atoms with Crippen molar-refractivity contribution in [2.75, 3.05) is 0 Å². The van der Waals surface area contributed by atoms with Gasteiger partial charge < -0.3 is 0 Å². The number of benzene rings is 1. The number of tetrazole rings is 1. The van der Waals surface area contributed by atoms with Crippen molar-refractivity contribution in [2.24, 2.45) is 7.05 Å². The Morgan fingerprint density at radius 3 is 2.61 bits per heavy atom. The van der Waals surface area contributed by atoms with Crippen molar-refractivity contribution in [2.45, 2.75) is 19.8 Å². The van der Waals surface area contributed by atoms with Crippen LogP contribution < -0.4 is 0 Å². The van der Waals surface area contributed by atoms with Crippen LogP contribution in [0.25, 0.3) is 26.9 Å². The van der Waals surface area contributed by atoms with Crippen molar-refractivity contribution in [3.63, 3.8) is 0 Å². The van der Waals surface area contributed by atoms with Gasteiger partial charge in [0.15, 0.2) is 5.82 Å². The molecule has 0 spiro atoms. The van der Waals surface area contributed by atoms with Gasteiger partial charge in [0.05, 0.1) is 7.05 Å². The van der Waals surface area contributed by atoms with Gasteiger partial charge in [0.25, 0.3) is 0 Å². The average Bonchev–Trinajstić information content (AvgIpc) is 3.21. The van der Waals surface area contributed by atoms with E-state index in [9.17, 15) is 0 Å². The van der Waals surface area contributed by atoms with Crippen LogP contribution in [0.1, 0.15) is 25.6 Å². The quantitative estimate of drug-likeness (QED) is 0.573. The van der Waals surface area contributed by atoms with E-state index in [-0.39, 0.29) is 5.92 Å². The predicted octanol–water partition coefficient (Wildman–Crippen LogP) is 2.17. The van der Waals surface area contributed by atoms with Crippen LogP contribution in [0, 0.1) is 0 Å². The molecule has 3 heterocycles. The molecule has 3 aromatic heterocycles. The Labute approximate surface area is 135 Å². The van der Waals surface area contributed by atoms with E-state index in [0.717, 1.165) is 26.9 Å². The molecule has 23 heavy (non-hydrogen) atoms. The van der Waals surface area contributed by atoms with Gasteiger partial charge in [-0.1, -0.05) is 43.4 Å². The van der Waals surface area contributed by atoms with Gasteiger partial charge in [0.2, 0.25) is 10.8 Å². The van der Waals surface area contributed by atoms with Crippen LogP contribution in [-0.2, 0) is 7.05 Å². The number of rotatable bonds is 3. The Morgan fingerprint density at radius 2 is 1.87 bits per heavy atom. The van der Waals surface area contributed by atoms with E-state index in [4.69, 9.17) is 0 Å². The molecule has 0 amide bonds. The zero-order valence-corrected chi connectivity index (χ0v) is 13.7. The standard InChI is InChI=1S/C14H14N8S/c1-8(2)12-16-17-14-22(12)19-13(23-14)10-6-4-5-9(7-10)11-15-20-21(3)18-11/h4-8H,1-3H3. The number of aryl methyl sites for hydroxylation is 1. The molecule has 0 bridgehead atoms. The maximum atomic E-state index is 4.65. The lowest BCUT2D eigenvalue weighted by molar-refractivity contribution is 0.630. The lowest BCUT2D eigenvalue weighted by Gasteiger charge is -2.00. The Bertz CT molecular complexity index is 980. The van der Waals surface area contributed by atoms with Crippen LogP contribution >= 0.6 is 11.3 Å². The Kier molecular flexibility index (Phi) is 3.15. The van der Waals surface area contributed by atoms with Gasteiger partial charge in [-0.3, -0.25) is 0 Å². The maximum Gasteiger partial charge on any atom is 0.234 e. The molecule has 0 aliphatic carbocycles. The lowest BCUT2D eigenvalue weighted by atomic mass is 10.1. The molecule has 0 aliphatic rings. The van der Waals surface area contributed by atoms with E-state index in [1.165, 1.54) is 16.1 Å². The highest BCUT2D eigenvalue weighted by molar-refractivity contribution is 7.19. The third-order valence-electron chi connectivity index (χ3n) is 3.41. The summed E-state index contributed by atoms with van der Waals surface area (Å²) in [5.41, 5.74) is 1.91. The van der Waals surface area contributed by atoms with Crippen molar-refractivity contribution in [3.8, 4) is 22.0 Å². The van der Waals surface area contributed by atoms with Crippen molar-refractivity contribution < 1.29 is 0 Å². The van der Waals surface area contributed by atoms with E-state index in [2.05, 4.69) is 44.6 Å². The van der Waals surface area contributed by atoms with Crippen LogP contribution in [0.15, 0.2) is 24.3 Å². The highest BCUT2D eigenvalue weighted by Gasteiger charge is 2.15. The van der Waals surface area contributed by atoms with E-state index in [1.807, 2.05) is 28.8 Å². The first kappa shape index (κ1) is 13.9. The van der Waals surface area contributed by atoms with Gasteiger partial charge in [0.1, 0.15) is 5.01 Å². The third-order valence-corrected chi connectivity index (χ3v) is 4.36. The maximum absolute atomic E-state index is 4.65. The summed E-state index contributed by atoms with van der Waals surface area (Å²) < 4.78 is 1.82. The highest BCUT2D eigenvalue weighted by atomic mass is 32.1. The van der Waals surface area contributed by atoms with Crippen LogP contribution in [0.2, 0.25) is 0 Å². The summed E-state index contributed by atoms with van der Waals surface area (Å²) in [6.07, 6.45) is 0. The molecule has 0 atom stereocenters.